The van der Waals surface area contributed by atoms with Crippen LogP contribution in [-0.4, -0.2) is 32.2 Å². The fourth-order valence-electron chi connectivity index (χ4n) is 3.19. The predicted molar refractivity (Wildman–Crippen MR) is 103 cm³/mol. The number of hydrogen-bond acceptors (Lipinski definition) is 3. The fraction of sp³-hybridized carbons (Fsp3) is 0.381. The van der Waals surface area contributed by atoms with Gasteiger partial charge in [-0.2, -0.15) is 0 Å². The minimum atomic E-state index is -0.0724. The third-order valence-corrected chi connectivity index (χ3v) is 5.03. The van der Waals surface area contributed by atoms with E-state index in [1.165, 1.54) is 11.3 Å². The van der Waals surface area contributed by atoms with Crippen LogP contribution in [0.2, 0.25) is 0 Å². The summed E-state index contributed by atoms with van der Waals surface area (Å²) in [6.07, 6.45) is 2.50. The molecule has 0 bridgehead atoms. The van der Waals surface area contributed by atoms with Gasteiger partial charge in [-0.3, -0.25) is 4.79 Å². The molecule has 1 aliphatic heterocycles. The van der Waals surface area contributed by atoms with Crippen molar-refractivity contribution in [2.45, 2.75) is 32.8 Å². The minimum Gasteiger partial charge on any atom is -0.381 e. The molecule has 0 unspecified atom stereocenters. The van der Waals surface area contributed by atoms with Gasteiger partial charge in [0.1, 0.15) is 0 Å². The van der Waals surface area contributed by atoms with E-state index in [1.807, 2.05) is 44.2 Å². The highest BCUT2D eigenvalue weighted by Crippen LogP contribution is 2.23. The molecule has 4 nitrogen and oxygen atoms in total. The molecule has 0 radical (unpaired) electrons. The Morgan fingerprint density at radius 2 is 1.72 bits per heavy atom. The van der Waals surface area contributed by atoms with Gasteiger partial charge in [-0.25, -0.2) is 0 Å². The van der Waals surface area contributed by atoms with Crippen LogP contribution in [0.1, 0.15) is 34.3 Å². The van der Waals surface area contributed by atoms with E-state index < -0.39 is 0 Å². The smallest absolute Gasteiger partial charge is 0.255 e. The van der Waals surface area contributed by atoms with E-state index in [0.717, 1.165) is 37.2 Å². The van der Waals surface area contributed by atoms with E-state index in [0.29, 0.717) is 11.7 Å². The number of rotatable bonds is 4. The summed E-state index contributed by atoms with van der Waals surface area (Å²) in [5.41, 5.74) is 5.02. The van der Waals surface area contributed by atoms with E-state index in [-0.39, 0.29) is 5.91 Å². The second-order valence-electron chi connectivity index (χ2n) is 6.72. The minimum absolute atomic E-state index is 0.0724. The number of methoxy groups -OCH3 is 1. The maximum absolute atomic E-state index is 12.4. The van der Waals surface area contributed by atoms with Gasteiger partial charge >= 0.3 is 0 Å². The number of nitrogens with one attached hydrogen (secondary N) is 1. The Hall–Kier alpha value is -2.33. The van der Waals surface area contributed by atoms with Crippen molar-refractivity contribution in [2.24, 2.45) is 0 Å². The molecule has 1 aliphatic rings. The van der Waals surface area contributed by atoms with Gasteiger partial charge in [-0.15, -0.1) is 0 Å². The molecule has 1 saturated heterocycles. The molecule has 1 fully saturated rings. The normalized spacial score (nSPS) is 15.2. The van der Waals surface area contributed by atoms with Crippen molar-refractivity contribution in [3.05, 3.63) is 59.2 Å². The van der Waals surface area contributed by atoms with Crippen molar-refractivity contribution in [3.8, 4) is 0 Å². The maximum atomic E-state index is 12.4. The van der Waals surface area contributed by atoms with Crippen LogP contribution >= 0.6 is 0 Å². The zero-order valence-electron chi connectivity index (χ0n) is 15.2. The highest BCUT2D eigenvalue weighted by Gasteiger charge is 2.18. The molecular formula is C21H26N2O2. The number of anilines is 2. The second-order valence-corrected chi connectivity index (χ2v) is 6.72. The van der Waals surface area contributed by atoms with Gasteiger partial charge in [0.05, 0.1) is 6.10 Å². The highest BCUT2D eigenvalue weighted by atomic mass is 16.5. The highest BCUT2D eigenvalue weighted by molar-refractivity contribution is 6.04. The van der Waals surface area contributed by atoms with Crippen molar-refractivity contribution in [1.29, 1.82) is 0 Å². The zero-order chi connectivity index (χ0) is 17.8. The summed E-state index contributed by atoms with van der Waals surface area (Å²) in [6, 6.07) is 13.9. The number of carbonyl (C=O) groups is 1. The molecule has 3 rings (SSSR count). The molecule has 2 aromatic rings. The number of aryl methyl sites for hydroxylation is 2. The zero-order valence-corrected chi connectivity index (χ0v) is 15.2. The first-order valence-corrected chi connectivity index (χ1v) is 8.83. The van der Waals surface area contributed by atoms with Crippen molar-refractivity contribution in [2.75, 3.05) is 30.4 Å². The Morgan fingerprint density at radius 1 is 1.04 bits per heavy atom. The van der Waals surface area contributed by atoms with Crippen molar-refractivity contribution >= 4 is 17.3 Å². The SMILES string of the molecule is COC1CCN(c2ccc(NC(=O)c3ccc(C)c(C)c3)cc2)CC1. The molecule has 2 aromatic carbocycles. The molecule has 1 amide bonds. The third kappa shape index (κ3) is 4.20. The van der Waals surface area contributed by atoms with Gasteiger partial charge in [-0.1, -0.05) is 6.07 Å². The van der Waals surface area contributed by atoms with E-state index in [2.05, 4.69) is 22.3 Å². The summed E-state index contributed by atoms with van der Waals surface area (Å²) < 4.78 is 5.42. The summed E-state index contributed by atoms with van der Waals surface area (Å²) in [7, 11) is 1.79. The van der Waals surface area contributed by atoms with Crippen LogP contribution in [0.3, 0.4) is 0 Å². The van der Waals surface area contributed by atoms with Gasteiger partial charge in [-0.05, 0) is 74.2 Å². The lowest BCUT2D eigenvalue weighted by atomic mass is 10.1. The summed E-state index contributed by atoms with van der Waals surface area (Å²) in [5, 5.41) is 2.97. The number of carbonyl (C=O) groups excluding carboxylic acids is 1. The lowest BCUT2D eigenvalue weighted by Gasteiger charge is -2.33. The van der Waals surface area contributed by atoms with Gasteiger partial charge in [0.15, 0.2) is 0 Å². The molecule has 0 saturated carbocycles. The Labute approximate surface area is 149 Å². The molecule has 0 atom stereocenters. The fourth-order valence-corrected chi connectivity index (χ4v) is 3.19. The molecule has 1 N–H and O–H groups in total. The van der Waals surface area contributed by atoms with E-state index in [9.17, 15) is 4.79 Å². The first-order valence-electron chi connectivity index (χ1n) is 8.83. The molecule has 0 aromatic heterocycles. The van der Waals surface area contributed by atoms with E-state index in [1.54, 1.807) is 7.11 Å². The average Bonchev–Trinajstić information content (AvgIpc) is 2.64. The number of piperidine rings is 1. The Balaban J connectivity index is 1.62. The molecule has 4 heteroatoms. The monoisotopic (exact) mass is 338 g/mol. The summed E-state index contributed by atoms with van der Waals surface area (Å²) >= 11 is 0. The third-order valence-electron chi connectivity index (χ3n) is 5.03. The first kappa shape index (κ1) is 17.5. The summed E-state index contributed by atoms with van der Waals surface area (Å²) in [4.78, 5) is 14.8. The van der Waals surface area contributed by atoms with Crippen LogP contribution in [0, 0.1) is 13.8 Å². The standard InChI is InChI=1S/C21H26N2O2/c1-15-4-5-17(14-16(15)2)21(24)22-18-6-8-19(9-7-18)23-12-10-20(25-3)11-13-23/h4-9,14,20H,10-13H2,1-3H3,(H,22,24). The first-order chi connectivity index (χ1) is 12.1. The molecule has 132 valence electrons. The number of ether oxygens (including phenoxy) is 1. The van der Waals surface area contributed by atoms with Crippen LogP contribution in [0.15, 0.2) is 42.5 Å². The van der Waals surface area contributed by atoms with Gasteiger partial charge in [0.25, 0.3) is 5.91 Å². The second kappa shape index (κ2) is 7.70. The number of benzene rings is 2. The molecular weight excluding hydrogens is 312 g/mol. The number of nitrogens with zero attached hydrogens (tertiary/aromatic N) is 1. The van der Waals surface area contributed by atoms with Gasteiger partial charge in [0.2, 0.25) is 0 Å². The van der Waals surface area contributed by atoms with Crippen LogP contribution in [0.25, 0.3) is 0 Å². The number of amides is 1. The lowest BCUT2D eigenvalue weighted by Crippen LogP contribution is -2.36. The van der Waals surface area contributed by atoms with Crippen LogP contribution in [0.5, 0.6) is 0 Å². The van der Waals surface area contributed by atoms with Crippen molar-refractivity contribution < 1.29 is 9.53 Å². The molecule has 25 heavy (non-hydrogen) atoms. The van der Waals surface area contributed by atoms with E-state index >= 15 is 0 Å². The van der Waals surface area contributed by atoms with Gasteiger partial charge < -0.3 is 15.0 Å². The number of hydrogen-bond donors (Lipinski definition) is 1. The topological polar surface area (TPSA) is 41.6 Å². The van der Waals surface area contributed by atoms with E-state index in [4.69, 9.17) is 4.74 Å². The van der Waals surface area contributed by atoms with Crippen LogP contribution in [-0.2, 0) is 4.74 Å². The Kier molecular flexibility index (Phi) is 5.39. The summed E-state index contributed by atoms with van der Waals surface area (Å²) in [5.74, 6) is -0.0724. The Bertz CT molecular complexity index is 732. The van der Waals surface area contributed by atoms with Crippen LogP contribution in [0.4, 0.5) is 11.4 Å². The molecule has 0 aliphatic carbocycles. The predicted octanol–water partition coefficient (Wildman–Crippen LogP) is 4.17. The average molecular weight is 338 g/mol. The Morgan fingerprint density at radius 3 is 2.32 bits per heavy atom. The molecule has 0 spiro atoms. The van der Waals surface area contributed by atoms with Gasteiger partial charge in [0, 0.05) is 37.1 Å². The molecule has 1 heterocycles. The largest absolute Gasteiger partial charge is 0.381 e. The van der Waals surface area contributed by atoms with Crippen molar-refractivity contribution in [1.82, 2.24) is 0 Å². The maximum Gasteiger partial charge on any atom is 0.255 e. The summed E-state index contributed by atoms with van der Waals surface area (Å²) in [6.45, 7) is 6.08. The quantitative estimate of drug-likeness (QED) is 0.910. The van der Waals surface area contributed by atoms with Crippen LogP contribution < -0.4 is 10.2 Å². The lowest BCUT2D eigenvalue weighted by molar-refractivity contribution is 0.0819. The van der Waals surface area contributed by atoms with Crippen molar-refractivity contribution in [3.63, 3.8) is 0 Å².